The molecule has 3 aromatic rings. The lowest BCUT2D eigenvalue weighted by atomic mass is 10.1. The maximum atomic E-state index is 12.6. The third-order valence-corrected chi connectivity index (χ3v) is 4.88. The van der Waals surface area contributed by atoms with Crippen molar-refractivity contribution < 1.29 is 9.59 Å². The van der Waals surface area contributed by atoms with Gasteiger partial charge in [0.05, 0.1) is 5.92 Å². The van der Waals surface area contributed by atoms with Crippen molar-refractivity contribution in [3.8, 4) is 0 Å². The Bertz CT molecular complexity index is 1010. The van der Waals surface area contributed by atoms with E-state index in [1.165, 1.54) is 5.56 Å². The molecule has 0 saturated carbocycles. The topological polar surface area (TPSA) is 79.6 Å². The molecular formula is C20H21N5O2. The van der Waals surface area contributed by atoms with Crippen LogP contribution in [0.1, 0.15) is 23.1 Å². The summed E-state index contributed by atoms with van der Waals surface area (Å²) >= 11 is 0. The van der Waals surface area contributed by atoms with Crippen LogP contribution in [0.4, 0.5) is 5.95 Å². The summed E-state index contributed by atoms with van der Waals surface area (Å²) in [5, 5.41) is 10.9. The Morgan fingerprint density at radius 3 is 2.70 bits per heavy atom. The molecule has 0 radical (unpaired) electrons. The Labute approximate surface area is 157 Å². The van der Waals surface area contributed by atoms with Gasteiger partial charge in [0.1, 0.15) is 0 Å². The zero-order valence-corrected chi connectivity index (χ0v) is 15.3. The Hall–Kier alpha value is -3.22. The summed E-state index contributed by atoms with van der Waals surface area (Å²) in [5.74, 6) is -0.220. The molecule has 7 heteroatoms. The van der Waals surface area contributed by atoms with Crippen molar-refractivity contribution in [2.45, 2.75) is 26.8 Å². The molecule has 0 bridgehead atoms. The van der Waals surface area contributed by atoms with Crippen LogP contribution in [0.3, 0.4) is 0 Å². The highest BCUT2D eigenvalue weighted by molar-refractivity contribution is 5.96. The van der Waals surface area contributed by atoms with Gasteiger partial charge in [-0.1, -0.05) is 29.8 Å². The molecule has 1 atom stereocenters. The summed E-state index contributed by atoms with van der Waals surface area (Å²) in [4.78, 5) is 26.7. The van der Waals surface area contributed by atoms with Gasteiger partial charge in [-0.05, 0) is 37.1 Å². The number of aromatic nitrogens is 3. The summed E-state index contributed by atoms with van der Waals surface area (Å²) in [6.45, 7) is 4.94. The van der Waals surface area contributed by atoms with Gasteiger partial charge in [0.25, 0.3) is 0 Å². The van der Waals surface area contributed by atoms with E-state index in [2.05, 4.69) is 15.5 Å². The molecule has 1 fully saturated rings. The van der Waals surface area contributed by atoms with Gasteiger partial charge in [-0.25, -0.2) is 0 Å². The number of amides is 2. The van der Waals surface area contributed by atoms with E-state index in [1.54, 1.807) is 9.30 Å². The molecule has 2 amide bonds. The fraction of sp³-hybridized carbons (Fsp3) is 0.300. The Morgan fingerprint density at radius 2 is 1.93 bits per heavy atom. The van der Waals surface area contributed by atoms with E-state index in [0.29, 0.717) is 24.7 Å². The molecule has 3 heterocycles. The van der Waals surface area contributed by atoms with E-state index in [0.717, 1.165) is 11.1 Å². The Balaban J connectivity index is 1.43. The first-order chi connectivity index (χ1) is 13.0. The molecular weight excluding hydrogens is 342 g/mol. The summed E-state index contributed by atoms with van der Waals surface area (Å²) in [5.41, 5.74) is 3.99. The van der Waals surface area contributed by atoms with Gasteiger partial charge >= 0.3 is 0 Å². The molecule has 1 N–H and O–H groups in total. The molecule has 0 unspecified atom stereocenters. The minimum atomic E-state index is -0.388. The van der Waals surface area contributed by atoms with Crippen molar-refractivity contribution in [3.05, 3.63) is 59.3 Å². The van der Waals surface area contributed by atoms with Gasteiger partial charge in [0, 0.05) is 25.7 Å². The molecule has 138 valence electrons. The number of fused-ring (bicyclic) bond motifs is 1. The van der Waals surface area contributed by atoms with Crippen LogP contribution in [0, 0.1) is 19.8 Å². The lowest BCUT2D eigenvalue weighted by molar-refractivity contribution is -0.128. The van der Waals surface area contributed by atoms with Crippen molar-refractivity contribution >= 4 is 23.4 Å². The van der Waals surface area contributed by atoms with Crippen LogP contribution in [0.5, 0.6) is 0 Å². The predicted octanol–water partition coefficient (Wildman–Crippen LogP) is 2.33. The highest BCUT2D eigenvalue weighted by Gasteiger charge is 2.34. The molecule has 27 heavy (non-hydrogen) atoms. The summed E-state index contributed by atoms with van der Waals surface area (Å²) < 4.78 is 1.73. The normalized spacial score (nSPS) is 16.9. The summed E-state index contributed by atoms with van der Waals surface area (Å²) in [6, 6.07) is 11.9. The molecule has 7 nitrogen and oxygen atoms in total. The molecule has 2 aromatic heterocycles. The van der Waals surface area contributed by atoms with E-state index >= 15 is 0 Å². The number of carbonyl (C=O) groups is 2. The minimum absolute atomic E-state index is 0.00236. The van der Waals surface area contributed by atoms with Crippen LogP contribution in [-0.2, 0) is 16.1 Å². The Morgan fingerprint density at radius 1 is 1.15 bits per heavy atom. The molecule has 4 rings (SSSR count). The van der Waals surface area contributed by atoms with E-state index in [1.807, 2.05) is 56.4 Å². The number of benzene rings is 1. The molecule has 0 spiro atoms. The van der Waals surface area contributed by atoms with Gasteiger partial charge < -0.3 is 4.90 Å². The number of rotatable bonds is 4. The SMILES string of the molecule is Cc1ccc(CN2C[C@H](C(=O)Nc3nnc4cc(C)ccn34)CC2=O)cc1. The quantitative estimate of drug-likeness (QED) is 0.772. The average Bonchev–Trinajstić information content (AvgIpc) is 3.20. The number of likely N-dealkylation sites (tertiary alicyclic amines) is 1. The van der Waals surface area contributed by atoms with Crippen LogP contribution in [0.25, 0.3) is 5.65 Å². The fourth-order valence-corrected chi connectivity index (χ4v) is 3.30. The van der Waals surface area contributed by atoms with Crippen LogP contribution in [0.2, 0.25) is 0 Å². The van der Waals surface area contributed by atoms with E-state index in [-0.39, 0.29) is 24.2 Å². The van der Waals surface area contributed by atoms with Crippen molar-refractivity contribution in [2.24, 2.45) is 5.92 Å². The number of carbonyl (C=O) groups excluding carboxylic acids is 2. The molecule has 1 aromatic carbocycles. The van der Waals surface area contributed by atoms with E-state index in [4.69, 9.17) is 0 Å². The zero-order chi connectivity index (χ0) is 19.0. The first-order valence-electron chi connectivity index (χ1n) is 8.95. The number of anilines is 1. The van der Waals surface area contributed by atoms with Crippen molar-refractivity contribution in [2.75, 3.05) is 11.9 Å². The average molecular weight is 363 g/mol. The summed E-state index contributed by atoms with van der Waals surface area (Å²) in [7, 11) is 0. The van der Waals surface area contributed by atoms with Gasteiger partial charge in [-0.3, -0.25) is 19.3 Å². The predicted molar refractivity (Wildman–Crippen MR) is 101 cm³/mol. The number of nitrogens with one attached hydrogen (secondary N) is 1. The van der Waals surface area contributed by atoms with Crippen LogP contribution < -0.4 is 5.32 Å². The third kappa shape index (κ3) is 3.53. The van der Waals surface area contributed by atoms with Gasteiger partial charge in [-0.15, -0.1) is 10.2 Å². The lowest BCUT2D eigenvalue weighted by Crippen LogP contribution is -2.28. The maximum Gasteiger partial charge on any atom is 0.235 e. The number of aryl methyl sites for hydroxylation is 2. The highest BCUT2D eigenvalue weighted by atomic mass is 16.2. The van der Waals surface area contributed by atoms with Crippen LogP contribution >= 0.6 is 0 Å². The third-order valence-electron chi connectivity index (χ3n) is 4.88. The number of hydrogen-bond donors (Lipinski definition) is 1. The second-order valence-corrected chi connectivity index (χ2v) is 7.11. The van der Waals surface area contributed by atoms with Gasteiger partial charge in [0.15, 0.2) is 5.65 Å². The smallest absolute Gasteiger partial charge is 0.235 e. The standard InChI is InChI=1S/C20H21N5O2/c1-13-3-5-15(6-4-13)11-24-12-16(10-18(24)26)19(27)21-20-23-22-17-9-14(2)7-8-25(17)20/h3-9,16H,10-12H2,1-2H3,(H,21,23,27)/t16-/m1/s1. The first kappa shape index (κ1) is 17.2. The van der Waals surface area contributed by atoms with Crippen molar-refractivity contribution in [1.29, 1.82) is 0 Å². The molecule has 0 aliphatic carbocycles. The number of nitrogens with zero attached hydrogens (tertiary/aromatic N) is 4. The first-order valence-corrected chi connectivity index (χ1v) is 8.95. The number of hydrogen-bond acceptors (Lipinski definition) is 4. The Kier molecular flexibility index (Phi) is 4.35. The second-order valence-electron chi connectivity index (χ2n) is 7.11. The van der Waals surface area contributed by atoms with Gasteiger partial charge in [0.2, 0.25) is 17.8 Å². The van der Waals surface area contributed by atoms with Crippen LogP contribution in [0.15, 0.2) is 42.6 Å². The van der Waals surface area contributed by atoms with Gasteiger partial charge in [-0.2, -0.15) is 0 Å². The molecule has 1 aliphatic heterocycles. The maximum absolute atomic E-state index is 12.6. The van der Waals surface area contributed by atoms with Crippen molar-refractivity contribution in [3.63, 3.8) is 0 Å². The monoisotopic (exact) mass is 363 g/mol. The zero-order valence-electron chi connectivity index (χ0n) is 15.3. The minimum Gasteiger partial charge on any atom is -0.338 e. The summed E-state index contributed by atoms with van der Waals surface area (Å²) in [6.07, 6.45) is 2.04. The highest BCUT2D eigenvalue weighted by Crippen LogP contribution is 2.22. The number of pyridine rings is 1. The van der Waals surface area contributed by atoms with E-state index < -0.39 is 0 Å². The molecule has 1 saturated heterocycles. The van der Waals surface area contributed by atoms with Crippen LogP contribution in [-0.4, -0.2) is 37.9 Å². The molecule has 1 aliphatic rings. The lowest BCUT2D eigenvalue weighted by Gasteiger charge is -2.16. The fourth-order valence-electron chi connectivity index (χ4n) is 3.30. The second kappa shape index (κ2) is 6.83. The van der Waals surface area contributed by atoms with E-state index in [9.17, 15) is 9.59 Å². The van der Waals surface area contributed by atoms with Crippen molar-refractivity contribution in [1.82, 2.24) is 19.5 Å². The largest absolute Gasteiger partial charge is 0.338 e.